The van der Waals surface area contributed by atoms with E-state index in [1.165, 1.54) is 18.2 Å². The second-order valence-electron chi connectivity index (χ2n) is 9.13. The van der Waals surface area contributed by atoms with E-state index in [0.29, 0.717) is 11.4 Å². The topological polar surface area (TPSA) is 110 Å². The van der Waals surface area contributed by atoms with Crippen LogP contribution in [0.1, 0.15) is 42.3 Å². The van der Waals surface area contributed by atoms with Gasteiger partial charge in [-0.2, -0.15) is 0 Å². The van der Waals surface area contributed by atoms with Crippen LogP contribution in [0.25, 0.3) is 0 Å². The largest absolute Gasteiger partial charge is 0.347 e. The highest BCUT2D eigenvalue weighted by atomic mass is 32.2. The Balaban J connectivity index is 2.27. The van der Waals surface area contributed by atoms with Gasteiger partial charge in [0, 0.05) is 11.1 Å². The fraction of sp³-hybridized carbons (Fsp3) is 0.240. The summed E-state index contributed by atoms with van der Waals surface area (Å²) >= 11 is -5.08. The van der Waals surface area contributed by atoms with Crippen molar-refractivity contribution < 1.29 is 22.3 Å². The van der Waals surface area contributed by atoms with Crippen molar-refractivity contribution in [2.75, 3.05) is 8.61 Å². The highest BCUT2D eigenvalue weighted by Gasteiger charge is 2.27. The van der Waals surface area contributed by atoms with E-state index in [9.17, 15) is 22.3 Å². The van der Waals surface area contributed by atoms with Crippen molar-refractivity contribution >= 4 is 51.2 Å². The first-order chi connectivity index (χ1) is 16.4. The van der Waals surface area contributed by atoms with Crippen molar-refractivity contribution in [2.45, 2.75) is 40.2 Å². The molecule has 0 aliphatic heterocycles. The molecule has 0 radical (unpaired) electrons. The molecule has 0 aromatic heterocycles. The molecular formula is C25H29N3O5S2. The first-order valence-electron chi connectivity index (χ1n) is 10.8. The fourth-order valence-corrected chi connectivity index (χ4v) is 4.64. The Kier molecular flexibility index (Phi) is 8.11. The Bertz CT molecular complexity index is 1260. The van der Waals surface area contributed by atoms with Crippen LogP contribution in [0.5, 0.6) is 0 Å². The zero-order valence-electron chi connectivity index (χ0n) is 20.2. The summed E-state index contributed by atoms with van der Waals surface area (Å²) in [6, 6.07) is 18.3. The van der Waals surface area contributed by atoms with Crippen LogP contribution in [0.3, 0.4) is 0 Å². The van der Waals surface area contributed by atoms with Gasteiger partial charge in [-0.05, 0) is 77.1 Å². The van der Waals surface area contributed by atoms with Gasteiger partial charge in [0.25, 0.3) is 28.4 Å². The zero-order valence-corrected chi connectivity index (χ0v) is 21.8. The van der Waals surface area contributed by atoms with E-state index < -0.39 is 28.1 Å². The standard InChI is InChI=1S/C25H29N3O5S2/c1-17-6-11-20(12-7-17)27(34(30)31)22-15-10-19(24(29)26-25(3,4)5)16-23(22)28(35(32)33)21-13-8-18(2)9-14-21/h6-16H,1-5H3,(H,26,29)(H,30,31)(H,32,33). The van der Waals surface area contributed by atoms with Crippen LogP contribution >= 0.6 is 0 Å². The lowest BCUT2D eigenvalue weighted by Gasteiger charge is -2.29. The van der Waals surface area contributed by atoms with Crippen LogP contribution in [0, 0.1) is 13.8 Å². The number of benzene rings is 3. The molecule has 3 aromatic carbocycles. The van der Waals surface area contributed by atoms with E-state index in [-0.39, 0.29) is 22.8 Å². The Labute approximate surface area is 210 Å². The number of nitrogens with zero attached hydrogens (tertiary/aromatic N) is 2. The third-order valence-corrected chi connectivity index (χ3v) is 6.45. The molecule has 2 atom stereocenters. The van der Waals surface area contributed by atoms with Crippen LogP contribution in [0.2, 0.25) is 0 Å². The summed E-state index contributed by atoms with van der Waals surface area (Å²) in [4.78, 5) is 12.9. The smallest absolute Gasteiger partial charge is 0.266 e. The van der Waals surface area contributed by atoms with Crippen molar-refractivity contribution in [3.63, 3.8) is 0 Å². The van der Waals surface area contributed by atoms with Gasteiger partial charge in [-0.3, -0.25) is 13.9 Å². The van der Waals surface area contributed by atoms with E-state index in [2.05, 4.69) is 5.32 Å². The monoisotopic (exact) mass is 515 g/mol. The summed E-state index contributed by atoms with van der Waals surface area (Å²) in [6.45, 7) is 9.31. The van der Waals surface area contributed by atoms with Gasteiger partial charge >= 0.3 is 0 Å². The molecule has 3 rings (SSSR count). The van der Waals surface area contributed by atoms with Gasteiger partial charge in [0.15, 0.2) is 0 Å². The number of amides is 1. The minimum atomic E-state index is -2.56. The predicted molar refractivity (Wildman–Crippen MR) is 142 cm³/mol. The molecule has 1 amide bonds. The fourth-order valence-electron chi connectivity index (χ4n) is 3.40. The summed E-state index contributed by atoms with van der Waals surface area (Å²) in [5.74, 6) is -0.384. The van der Waals surface area contributed by atoms with Gasteiger partial charge in [0.2, 0.25) is 0 Å². The number of hydrogen-bond donors (Lipinski definition) is 3. The molecule has 0 bridgehead atoms. The molecule has 10 heteroatoms. The molecule has 186 valence electrons. The third kappa shape index (κ3) is 6.55. The maximum Gasteiger partial charge on any atom is 0.266 e. The van der Waals surface area contributed by atoms with Crippen molar-refractivity contribution in [3.8, 4) is 0 Å². The Morgan fingerprint density at radius 3 is 1.57 bits per heavy atom. The van der Waals surface area contributed by atoms with Gasteiger partial charge in [-0.15, -0.1) is 0 Å². The van der Waals surface area contributed by atoms with Crippen LogP contribution < -0.4 is 13.9 Å². The van der Waals surface area contributed by atoms with Crippen LogP contribution in [0.15, 0.2) is 66.7 Å². The summed E-state index contributed by atoms with van der Waals surface area (Å²) in [5, 5.41) is 2.87. The highest BCUT2D eigenvalue weighted by Crippen LogP contribution is 2.40. The highest BCUT2D eigenvalue weighted by molar-refractivity contribution is 7.81. The number of hydrogen-bond acceptors (Lipinski definition) is 3. The lowest BCUT2D eigenvalue weighted by molar-refractivity contribution is 0.0919. The molecule has 3 aromatic rings. The summed E-state index contributed by atoms with van der Waals surface area (Å²) < 4.78 is 47.9. The lowest BCUT2D eigenvalue weighted by atomic mass is 10.1. The SMILES string of the molecule is Cc1ccc(N(c2ccc(C(=O)NC(C)(C)C)cc2N(c2ccc(C)cc2)S(=O)O)S(=O)O)cc1. The molecule has 2 unspecified atom stereocenters. The number of aryl methyl sites for hydroxylation is 2. The van der Waals surface area contributed by atoms with Crippen LogP contribution in [-0.4, -0.2) is 29.0 Å². The van der Waals surface area contributed by atoms with Crippen molar-refractivity contribution in [1.29, 1.82) is 0 Å². The maximum absolute atomic E-state index is 12.9. The average molecular weight is 516 g/mol. The molecule has 35 heavy (non-hydrogen) atoms. The first-order valence-corrected chi connectivity index (χ1v) is 12.9. The molecule has 0 saturated carbocycles. The molecule has 8 nitrogen and oxygen atoms in total. The zero-order chi connectivity index (χ0) is 25.9. The van der Waals surface area contributed by atoms with Crippen LogP contribution in [-0.2, 0) is 22.5 Å². The molecular weight excluding hydrogens is 486 g/mol. The third-order valence-electron chi connectivity index (χ3n) is 5.01. The Morgan fingerprint density at radius 1 is 0.743 bits per heavy atom. The first kappa shape index (κ1) is 26.6. The van der Waals surface area contributed by atoms with E-state index in [0.717, 1.165) is 19.7 Å². The molecule has 0 fully saturated rings. The molecule has 3 N–H and O–H groups in total. The van der Waals surface area contributed by atoms with Gasteiger partial charge in [-0.25, -0.2) is 17.0 Å². The maximum atomic E-state index is 12.9. The van der Waals surface area contributed by atoms with E-state index >= 15 is 0 Å². The second-order valence-corrected chi connectivity index (χ2v) is 10.8. The average Bonchev–Trinajstić information content (AvgIpc) is 2.76. The molecule has 0 heterocycles. The quantitative estimate of drug-likeness (QED) is 0.366. The van der Waals surface area contributed by atoms with Crippen molar-refractivity contribution in [1.82, 2.24) is 5.32 Å². The second kappa shape index (κ2) is 10.7. The van der Waals surface area contributed by atoms with Gasteiger partial charge in [0.1, 0.15) is 0 Å². The number of carbonyl (C=O) groups is 1. The minimum Gasteiger partial charge on any atom is -0.347 e. The molecule has 0 spiro atoms. The summed E-state index contributed by atoms with van der Waals surface area (Å²) in [5.41, 5.74) is 2.69. The number of anilines is 4. The van der Waals surface area contributed by atoms with Crippen LogP contribution in [0.4, 0.5) is 22.7 Å². The van der Waals surface area contributed by atoms with Gasteiger partial charge < -0.3 is 5.32 Å². The Hall–Kier alpha value is -3.05. The Morgan fingerprint density at radius 2 is 1.17 bits per heavy atom. The normalized spacial score (nSPS) is 13.1. The lowest BCUT2D eigenvalue weighted by Crippen LogP contribution is -2.40. The van der Waals surface area contributed by atoms with Gasteiger partial charge in [-0.1, -0.05) is 35.4 Å². The van der Waals surface area contributed by atoms with E-state index in [4.69, 9.17) is 0 Å². The minimum absolute atomic E-state index is 0.110. The number of rotatable bonds is 7. The van der Waals surface area contributed by atoms with E-state index in [1.807, 2.05) is 34.6 Å². The van der Waals surface area contributed by atoms with E-state index in [1.54, 1.807) is 48.5 Å². The van der Waals surface area contributed by atoms with Gasteiger partial charge in [0.05, 0.1) is 22.7 Å². The summed E-state index contributed by atoms with van der Waals surface area (Å²) in [7, 11) is 0. The van der Waals surface area contributed by atoms with Crippen molar-refractivity contribution in [3.05, 3.63) is 83.4 Å². The molecule has 0 aliphatic carbocycles. The molecule has 0 saturated heterocycles. The summed E-state index contributed by atoms with van der Waals surface area (Å²) in [6.07, 6.45) is 0. The predicted octanol–water partition coefficient (Wildman–Crippen LogP) is 5.38. The molecule has 0 aliphatic rings. The number of nitrogens with one attached hydrogen (secondary N) is 1. The number of carbonyl (C=O) groups excluding carboxylic acids is 1. The van der Waals surface area contributed by atoms with Crippen molar-refractivity contribution in [2.24, 2.45) is 0 Å².